The van der Waals surface area contributed by atoms with Gasteiger partial charge in [-0.25, -0.2) is 9.67 Å². The molecule has 0 aliphatic rings. The first-order valence-corrected chi connectivity index (χ1v) is 9.84. The van der Waals surface area contributed by atoms with Crippen molar-refractivity contribution in [1.29, 1.82) is 0 Å². The molecule has 0 aliphatic carbocycles. The zero-order valence-corrected chi connectivity index (χ0v) is 16.9. The molecule has 0 bridgehead atoms. The number of fused-ring (bicyclic) bond motifs is 1. The Morgan fingerprint density at radius 3 is 2.41 bits per heavy atom. The summed E-state index contributed by atoms with van der Waals surface area (Å²) in [5.74, 6) is 0.909. The monoisotopic (exact) mass is 426 g/mol. The van der Waals surface area contributed by atoms with Gasteiger partial charge in [0, 0.05) is 11.1 Å². The smallest absolute Gasteiger partial charge is 0.240 e. The number of benzene rings is 2. The van der Waals surface area contributed by atoms with E-state index in [2.05, 4.69) is 20.3 Å². The van der Waals surface area contributed by atoms with Crippen molar-refractivity contribution in [2.45, 2.75) is 13.2 Å². The lowest BCUT2D eigenvalue weighted by molar-refractivity contribution is -0.118. The SMILES string of the molecule is NC(=O)Cn1ncnc1COc1nn2c(-c3ccccc3)nnc2cc1-c1ccccc1. The Morgan fingerprint density at radius 2 is 1.69 bits per heavy atom. The van der Waals surface area contributed by atoms with Gasteiger partial charge in [-0.3, -0.25) is 4.79 Å². The van der Waals surface area contributed by atoms with Crippen LogP contribution < -0.4 is 10.5 Å². The van der Waals surface area contributed by atoms with Crippen LogP contribution in [0, 0.1) is 0 Å². The van der Waals surface area contributed by atoms with E-state index in [0.29, 0.717) is 23.2 Å². The summed E-state index contributed by atoms with van der Waals surface area (Å²) in [7, 11) is 0. The van der Waals surface area contributed by atoms with Gasteiger partial charge in [0.25, 0.3) is 0 Å². The van der Waals surface area contributed by atoms with Gasteiger partial charge in [0.05, 0.1) is 0 Å². The van der Waals surface area contributed by atoms with Crippen LogP contribution in [-0.2, 0) is 17.9 Å². The summed E-state index contributed by atoms with van der Waals surface area (Å²) < 4.78 is 9.11. The van der Waals surface area contributed by atoms with Gasteiger partial charge in [-0.15, -0.1) is 15.3 Å². The molecule has 5 rings (SSSR count). The molecule has 5 aromatic rings. The molecule has 0 aliphatic heterocycles. The fourth-order valence-corrected chi connectivity index (χ4v) is 3.33. The van der Waals surface area contributed by atoms with Gasteiger partial charge in [0.15, 0.2) is 17.3 Å². The number of nitrogens with two attached hydrogens (primary N) is 1. The van der Waals surface area contributed by atoms with Crippen molar-refractivity contribution in [2.24, 2.45) is 5.73 Å². The maximum absolute atomic E-state index is 11.3. The van der Waals surface area contributed by atoms with Crippen LogP contribution in [0.3, 0.4) is 0 Å². The van der Waals surface area contributed by atoms with Crippen molar-refractivity contribution in [3.8, 4) is 28.4 Å². The Kier molecular flexibility index (Phi) is 5.00. The first-order valence-electron chi connectivity index (χ1n) is 9.84. The van der Waals surface area contributed by atoms with E-state index in [4.69, 9.17) is 15.6 Å². The summed E-state index contributed by atoms with van der Waals surface area (Å²) in [5, 5.41) is 17.3. The Morgan fingerprint density at radius 1 is 0.969 bits per heavy atom. The first-order chi connectivity index (χ1) is 15.7. The number of primary amides is 1. The number of rotatable bonds is 7. The number of nitrogens with zero attached hydrogens (tertiary/aromatic N) is 7. The quantitative estimate of drug-likeness (QED) is 0.422. The highest BCUT2D eigenvalue weighted by atomic mass is 16.5. The normalized spacial score (nSPS) is 11.0. The van der Waals surface area contributed by atoms with E-state index in [9.17, 15) is 4.79 Å². The second kappa shape index (κ2) is 8.26. The molecule has 0 atom stereocenters. The minimum absolute atomic E-state index is 0.0500. The van der Waals surface area contributed by atoms with Crippen molar-refractivity contribution in [3.63, 3.8) is 0 Å². The molecular weight excluding hydrogens is 408 g/mol. The maximum Gasteiger partial charge on any atom is 0.240 e. The molecule has 32 heavy (non-hydrogen) atoms. The van der Waals surface area contributed by atoms with Gasteiger partial charge in [0.2, 0.25) is 11.8 Å². The molecule has 158 valence electrons. The molecule has 0 fully saturated rings. The molecule has 3 heterocycles. The summed E-state index contributed by atoms with van der Waals surface area (Å²) in [5.41, 5.74) is 8.43. The van der Waals surface area contributed by atoms with Crippen molar-refractivity contribution in [3.05, 3.63) is 78.9 Å². The molecule has 2 aromatic carbocycles. The van der Waals surface area contributed by atoms with E-state index in [1.807, 2.05) is 66.7 Å². The molecule has 0 saturated heterocycles. The van der Waals surface area contributed by atoms with E-state index >= 15 is 0 Å². The van der Waals surface area contributed by atoms with E-state index in [-0.39, 0.29) is 13.2 Å². The van der Waals surface area contributed by atoms with E-state index < -0.39 is 5.91 Å². The number of aromatic nitrogens is 7. The predicted molar refractivity (Wildman–Crippen MR) is 115 cm³/mol. The van der Waals surface area contributed by atoms with Gasteiger partial charge in [-0.1, -0.05) is 60.7 Å². The summed E-state index contributed by atoms with van der Waals surface area (Å²) in [6.45, 7) is -0.0330. The van der Waals surface area contributed by atoms with Crippen LogP contribution in [0.1, 0.15) is 5.82 Å². The van der Waals surface area contributed by atoms with Crippen LogP contribution in [0.4, 0.5) is 0 Å². The van der Waals surface area contributed by atoms with Crippen LogP contribution in [0.2, 0.25) is 0 Å². The Labute approximate surface area is 182 Å². The topological polar surface area (TPSA) is 126 Å². The average Bonchev–Trinajstić information content (AvgIpc) is 3.44. The average molecular weight is 426 g/mol. The third-order valence-corrected chi connectivity index (χ3v) is 4.82. The molecule has 0 spiro atoms. The van der Waals surface area contributed by atoms with Crippen LogP contribution in [0.15, 0.2) is 73.1 Å². The van der Waals surface area contributed by atoms with Crippen molar-refractivity contribution in [2.75, 3.05) is 0 Å². The summed E-state index contributed by atoms with van der Waals surface area (Å²) >= 11 is 0. The third kappa shape index (κ3) is 3.76. The predicted octanol–water partition coefficient (Wildman–Crippen LogP) is 2.11. The second-order valence-electron chi connectivity index (χ2n) is 6.98. The molecule has 2 N–H and O–H groups in total. The van der Waals surface area contributed by atoms with E-state index in [1.165, 1.54) is 11.0 Å². The highest BCUT2D eigenvalue weighted by Crippen LogP contribution is 2.30. The molecule has 0 unspecified atom stereocenters. The lowest BCUT2D eigenvalue weighted by atomic mass is 10.1. The Balaban J connectivity index is 1.57. The minimum Gasteiger partial charge on any atom is -0.468 e. The van der Waals surface area contributed by atoms with Gasteiger partial charge in [-0.2, -0.15) is 9.61 Å². The van der Waals surface area contributed by atoms with Gasteiger partial charge >= 0.3 is 0 Å². The molecular formula is C22H18N8O2. The minimum atomic E-state index is -0.515. The Bertz CT molecular complexity index is 1380. The molecule has 3 aromatic heterocycles. The number of hydrogen-bond donors (Lipinski definition) is 1. The lowest BCUT2D eigenvalue weighted by Gasteiger charge is -2.12. The maximum atomic E-state index is 11.3. The van der Waals surface area contributed by atoms with Crippen molar-refractivity contribution >= 4 is 11.6 Å². The third-order valence-electron chi connectivity index (χ3n) is 4.82. The standard InChI is InChI=1S/C22H18N8O2/c23-18(31)12-29-20(24-14-25-29)13-32-22-17(15-7-3-1-4-8-15)11-19-26-27-21(30(19)28-22)16-9-5-2-6-10-16/h1-11,14H,12-13H2,(H2,23,31). The van der Waals surface area contributed by atoms with Crippen LogP contribution >= 0.6 is 0 Å². The largest absolute Gasteiger partial charge is 0.468 e. The summed E-state index contributed by atoms with van der Waals surface area (Å²) in [4.78, 5) is 15.4. The number of amides is 1. The molecule has 0 radical (unpaired) electrons. The zero-order valence-electron chi connectivity index (χ0n) is 16.9. The zero-order chi connectivity index (χ0) is 21.9. The summed E-state index contributed by atoms with van der Waals surface area (Å²) in [6.07, 6.45) is 1.35. The highest BCUT2D eigenvalue weighted by molar-refractivity contribution is 5.74. The number of carbonyl (C=O) groups is 1. The Hall–Kier alpha value is -4.60. The van der Waals surface area contributed by atoms with Gasteiger partial charge < -0.3 is 10.5 Å². The number of carbonyl (C=O) groups excluding carboxylic acids is 1. The molecule has 10 nitrogen and oxygen atoms in total. The van der Waals surface area contributed by atoms with Crippen LogP contribution in [0.25, 0.3) is 28.2 Å². The van der Waals surface area contributed by atoms with Crippen LogP contribution in [-0.4, -0.2) is 40.5 Å². The van der Waals surface area contributed by atoms with Gasteiger partial charge in [0.1, 0.15) is 19.5 Å². The first kappa shape index (κ1) is 19.4. The van der Waals surface area contributed by atoms with Gasteiger partial charge in [-0.05, 0) is 11.6 Å². The van der Waals surface area contributed by atoms with E-state index in [0.717, 1.165) is 16.7 Å². The molecule has 1 amide bonds. The van der Waals surface area contributed by atoms with Crippen molar-refractivity contribution < 1.29 is 9.53 Å². The fourth-order valence-electron chi connectivity index (χ4n) is 3.33. The number of ether oxygens (including phenoxy) is 1. The summed E-state index contributed by atoms with van der Waals surface area (Å²) in [6, 6.07) is 21.3. The van der Waals surface area contributed by atoms with Crippen LogP contribution in [0.5, 0.6) is 5.88 Å². The van der Waals surface area contributed by atoms with Crippen molar-refractivity contribution in [1.82, 2.24) is 34.6 Å². The highest BCUT2D eigenvalue weighted by Gasteiger charge is 2.17. The number of hydrogen-bond acceptors (Lipinski definition) is 7. The fraction of sp³-hybridized carbons (Fsp3) is 0.0909. The lowest BCUT2D eigenvalue weighted by Crippen LogP contribution is -2.21. The molecule has 0 saturated carbocycles. The second-order valence-corrected chi connectivity index (χ2v) is 6.98. The molecule has 10 heteroatoms. The van der Waals surface area contributed by atoms with E-state index in [1.54, 1.807) is 4.52 Å².